The van der Waals surface area contributed by atoms with Crippen molar-refractivity contribution < 1.29 is 13.5 Å². The first kappa shape index (κ1) is 14.3. The van der Waals surface area contributed by atoms with Gasteiger partial charge in [-0.2, -0.15) is 0 Å². The second kappa shape index (κ2) is 5.97. The molecule has 0 aliphatic heterocycles. The smallest absolute Gasteiger partial charge is 0.151 e. The molecule has 0 amide bonds. The molecule has 3 aromatic rings. The van der Waals surface area contributed by atoms with E-state index in [0.717, 1.165) is 5.56 Å². The Morgan fingerprint density at radius 1 is 1.09 bits per heavy atom. The molecule has 1 aromatic heterocycles. The van der Waals surface area contributed by atoms with E-state index < -0.39 is 0 Å². The van der Waals surface area contributed by atoms with Crippen molar-refractivity contribution in [2.24, 2.45) is 0 Å². The van der Waals surface area contributed by atoms with Crippen molar-refractivity contribution in [2.45, 2.75) is 13.5 Å². The molecule has 0 unspecified atom stereocenters. The van der Waals surface area contributed by atoms with E-state index >= 15 is 0 Å². The highest BCUT2D eigenvalue weighted by molar-refractivity contribution is 5.38. The summed E-state index contributed by atoms with van der Waals surface area (Å²) >= 11 is 0. The van der Waals surface area contributed by atoms with E-state index in [9.17, 15) is 8.78 Å². The van der Waals surface area contributed by atoms with Crippen molar-refractivity contribution >= 4 is 0 Å². The predicted molar refractivity (Wildman–Crippen MR) is 79.0 cm³/mol. The molecule has 112 valence electrons. The van der Waals surface area contributed by atoms with Gasteiger partial charge in [0.25, 0.3) is 0 Å². The Balaban J connectivity index is 1.83. The Hall–Kier alpha value is -2.69. The van der Waals surface area contributed by atoms with E-state index in [0.29, 0.717) is 17.3 Å². The summed E-state index contributed by atoms with van der Waals surface area (Å²) in [6.07, 6.45) is 3.27. The molecule has 22 heavy (non-hydrogen) atoms. The van der Waals surface area contributed by atoms with Gasteiger partial charge in [-0.1, -0.05) is 6.07 Å². The summed E-state index contributed by atoms with van der Waals surface area (Å²) in [5, 5.41) is 0. The van der Waals surface area contributed by atoms with Crippen molar-refractivity contribution in [1.82, 2.24) is 9.55 Å². The SMILES string of the molecule is Cc1ccc(F)c(-n2ccnc2COc2ccc(F)cc2)c1. The Kier molecular flexibility index (Phi) is 3.87. The lowest BCUT2D eigenvalue weighted by Gasteiger charge is -2.11. The van der Waals surface area contributed by atoms with Crippen LogP contribution < -0.4 is 4.74 Å². The fourth-order valence-electron chi connectivity index (χ4n) is 2.15. The Morgan fingerprint density at radius 2 is 1.86 bits per heavy atom. The number of aryl methyl sites for hydroxylation is 1. The van der Waals surface area contributed by atoms with Gasteiger partial charge in [0, 0.05) is 12.4 Å². The summed E-state index contributed by atoms with van der Waals surface area (Å²) in [5.74, 6) is 0.441. The fraction of sp³-hybridized carbons (Fsp3) is 0.118. The Bertz CT molecular complexity index is 782. The number of rotatable bonds is 4. The predicted octanol–water partition coefficient (Wildman–Crippen LogP) is 4.04. The highest BCUT2D eigenvalue weighted by Crippen LogP contribution is 2.18. The van der Waals surface area contributed by atoms with E-state index in [1.54, 1.807) is 29.1 Å². The van der Waals surface area contributed by atoms with Crippen LogP contribution in [0.1, 0.15) is 11.4 Å². The average molecular weight is 300 g/mol. The van der Waals surface area contributed by atoms with Gasteiger partial charge in [0.15, 0.2) is 5.82 Å². The molecule has 0 saturated heterocycles. The molecule has 0 fully saturated rings. The van der Waals surface area contributed by atoms with Gasteiger partial charge in [-0.3, -0.25) is 4.57 Å². The second-order valence-electron chi connectivity index (χ2n) is 4.91. The van der Waals surface area contributed by atoms with E-state index in [4.69, 9.17) is 4.74 Å². The molecule has 3 nitrogen and oxygen atoms in total. The van der Waals surface area contributed by atoms with E-state index in [-0.39, 0.29) is 18.2 Å². The van der Waals surface area contributed by atoms with Crippen LogP contribution in [0, 0.1) is 18.6 Å². The van der Waals surface area contributed by atoms with Crippen LogP contribution in [-0.2, 0) is 6.61 Å². The minimum Gasteiger partial charge on any atom is -0.486 e. The van der Waals surface area contributed by atoms with Crippen molar-refractivity contribution in [2.75, 3.05) is 0 Å². The summed E-state index contributed by atoms with van der Waals surface area (Å²) in [4.78, 5) is 4.19. The first-order chi connectivity index (χ1) is 10.6. The third-order valence-corrected chi connectivity index (χ3v) is 3.26. The van der Waals surface area contributed by atoms with Gasteiger partial charge in [0.05, 0.1) is 5.69 Å². The van der Waals surface area contributed by atoms with Crippen LogP contribution in [0.25, 0.3) is 5.69 Å². The van der Waals surface area contributed by atoms with Gasteiger partial charge in [-0.25, -0.2) is 13.8 Å². The van der Waals surface area contributed by atoms with Crippen LogP contribution in [0.3, 0.4) is 0 Å². The molecule has 3 rings (SSSR count). The number of ether oxygens (including phenoxy) is 1. The third-order valence-electron chi connectivity index (χ3n) is 3.26. The maximum Gasteiger partial charge on any atom is 0.151 e. The maximum atomic E-state index is 14.0. The zero-order valence-corrected chi connectivity index (χ0v) is 12.0. The van der Waals surface area contributed by atoms with Gasteiger partial charge in [0.1, 0.15) is 24.0 Å². The molecule has 0 spiro atoms. The monoisotopic (exact) mass is 300 g/mol. The van der Waals surface area contributed by atoms with Crippen LogP contribution in [0.15, 0.2) is 54.9 Å². The van der Waals surface area contributed by atoms with Gasteiger partial charge < -0.3 is 4.74 Å². The number of nitrogens with zero attached hydrogens (tertiary/aromatic N) is 2. The summed E-state index contributed by atoms with van der Waals surface area (Å²) in [5.41, 5.74) is 1.38. The lowest BCUT2D eigenvalue weighted by atomic mass is 10.2. The molecule has 0 atom stereocenters. The normalized spacial score (nSPS) is 10.7. The maximum absolute atomic E-state index is 14.0. The standard InChI is InChI=1S/C17H14F2N2O/c1-12-2-7-15(19)16(10-12)21-9-8-20-17(21)11-22-14-5-3-13(18)4-6-14/h2-10H,11H2,1H3. The number of aromatic nitrogens is 2. The van der Waals surface area contributed by atoms with Crippen LogP contribution in [-0.4, -0.2) is 9.55 Å². The van der Waals surface area contributed by atoms with E-state index in [2.05, 4.69) is 4.98 Å². The highest BCUT2D eigenvalue weighted by atomic mass is 19.1. The van der Waals surface area contributed by atoms with Crippen molar-refractivity contribution in [3.8, 4) is 11.4 Å². The number of hydrogen-bond donors (Lipinski definition) is 0. The van der Waals surface area contributed by atoms with Crippen molar-refractivity contribution in [3.05, 3.63) is 77.9 Å². The molecule has 0 aliphatic carbocycles. The number of halogens is 2. The molecule has 0 saturated carbocycles. The zero-order chi connectivity index (χ0) is 15.5. The first-order valence-corrected chi connectivity index (χ1v) is 6.80. The van der Waals surface area contributed by atoms with Crippen molar-refractivity contribution in [1.29, 1.82) is 0 Å². The molecule has 0 radical (unpaired) electrons. The molecule has 0 N–H and O–H groups in total. The number of imidazole rings is 1. The summed E-state index contributed by atoms with van der Waals surface area (Å²) in [6, 6.07) is 10.6. The number of hydrogen-bond acceptors (Lipinski definition) is 2. The summed E-state index contributed by atoms with van der Waals surface area (Å²) < 4.78 is 34.1. The molecular formula is C17H14F2N2O. The van der Waals surface area contributed by atoms with Crippen LogP contribution in [0.2, 0.25) is 0 Å². The molecular weight excluding hydrogens is 286 g/mol. The lowest BCUT2D eigenvalue weighted by Crippen LogP contribution is -2.06. The average Bonchev–Trinajstić information content (AvgIpc) is 2.97. The molecule has 0 bridgehead atoms. The molecule has 2 aromatic carbocycles. The fourth-order valence-corrected chi connectivity index (χ4v) is 2.15. The van der Waals surface area contributed by atoms with Crippen LogP contribution in [0.4, 0.5) is 8.78 Å². The topological polar surface area (TPSA) is 27.1 Å². The lowest BCUT2D eigenvalue weighted by molar-refractivity contribution is 0.293. The Morgan fingerprint density at radius 3 is 2.64 bits per heavy atom. The second-order valence-corrected chi connectivity index (χ2v) is 4.91. The minimum absolute atomic E-state index is 0.159. The van der Waals surface area contributed by atoms with Gasteiger partial charge in [0.2, 0.25) is 0 Å². The first-order valence-electron chi connectivity index (χ1n) is 6.80. The zero-order valence-electron chi connectivity index (χ0n) is 12.0. The largest absolute Gasteiger partial charge is 0.486 e. The van der Waals surface area contributed by atoms with Gasteiger partial charge >= 0.3 is 0 Å². The van der Waals surface area contributed by atoms with Crippen LogP contribution >= 0.6 is 0 Å². The summed E-state index contributed by atoms with van der Waals surface area (Å²) in [6.45, 7) is 2.06. The minimum atomic E-state index is -0.327. The van der Waals surface area contributed by atoms with Gasteiger partial charge in [-0.15, -0.1) is 0 Å². The van der Waals surface area contributed by atoms with Crippen molar-refractivity contribution in [3.63, 3.8) is 0 Å². The van der Waals surface area contributed by atoms with E-state index in [1.165, 1.54) is 30.3 Å². The van der Waals surface area contributed by atoms with E-state index in [1.807, 2.05) is 6.92 Å². The van der Waals surface area contributed by atoms with Gasteiger partial charge in [-0.05, 0) is 48.9 Å². The molecule has 5 heteroatoms. The summed E-state index contributed by atoms with van der Waals surface area (Å²) in [7, 11) is 0. The highest BCUT2D eigenvalue weighted by Gasteiger charge is 2.10. The van der Waals surface area contributed by atoms with Crippen LogP contribution in [0.5, 0.6) is 5.75 Å². The Labute approximate surface area is 126 Å². The molecule has 1 heterocycles. The molecule has 0 aliphatic rings. The number of benzene rings is 2. The quantitative estimate of drug-likeness (QED) is 0.727. The third kappa shape index (κ3) is 2.98.